The predicted octanol–water partition coefficient (Wildman–Crippen LogP) is 3.04. The lowest BCUT2D eigenvalue weighted by Gasteiger charge is -2.10. The molecule has 1 aromatic heterocycles. The lowest BCUT2D eigenvalue weighted by Crippen LogP contribution is -2.03. The maximum atomic E-state index is 10.0. The summed E-state index contributed by atoms with van der Waals surface area (Å²) in [5.74, 6) is 0. The van der Waals surface area contributed by atoms with E-state index in [0.29, 0.717) is 0 Å². The summed E-state index contributed by atoms with van der Waals surface area (Å²) in [5, 5.41) is 10.0. The molecule has 0 atom stereocenters. The van der Waals surface area contributed by atoms with Gasteiger partial charge in [-0.2, -0.15) is 0 Å². The van der Waals surface area contributed by atoms with Crippen molar-refractivity contribution in [2.75, 3.05) is 0 Å². The van der Waals surface area contributed by atoms with Gasteiger partial charge in [-0.1, -0.05) is 24.3 Å². The molecule has 17 heavy (non-hydrogen) atoms. The summed E-state index contributed by atoms with van der Waals surface area (Å²) in [6.07, 6.45) is 5.47. The molecule has 1 saturated carbocycles. The van der Waals surface area contributed by atoms with Gasteiger partial charge in [-0.25, -0.2) is 0 Å². The maximum absolute atomic E-state index is 10.0. The quantitative estimate of drug-likeness (QED) is 0.852. The summed E-state index contributed by atoms with van der Waals surface area (Å²) < 4.78 is 0. The molecule has 3 rings (SSSR count). The number of hydrogen-bond acceptors (Lipinski definition) is 2. The molecule has 0 amide bonds. The second kappa shape index (κ2) is 3.67. The van der Waals surface area contributed by atoms with E-state index in [9.17, 15) is 5.11 Å². The Balaban J connectivity index is 1.98. The van der Waals surface area contributed by atoms with Crippen molar-refractivity contribution in [1.29, 1.82) is 0 Å². The minimum Gasteiger partial charge on any atom is -0.385 e. The smallest absolute Gasteiger partial charge is 0.0899 e. The zero-order chi connectivity index (χ0) is 11.9. The first-order chi connectivity index (χ1) is 8.19. The summed E-state index contributed by atoms with van der Waals surface area (Å²) in [6.45, 7) is 2.08. The Hall–Kier alpha value is -1.67. The van der Waals surface area contributed by atoms with Crippen molar-refractivity contribution in [3.63, 3.8) is 0 Å². The second-order valence-corrected chi connectivity index (χ2v) is 4.80. The zero-order valence-electron chi connectivity index (χ0n) is 9.85. The zero-order valence-corrected chi connectivity index (χ0v) is 9.85. The molecule has 2 heteroatoms. The van der Waals surface area contributed by atoms with Gasteiger partial charge in [-0.15, -0.1) is 0 Å². The molecular formula is C15H15NO. The summed E-state index contributed by atoms with van der Waals surface area (Å²) in [6, 6.07) is 10.2. The van der Waals surface area contributed by atoms with Gasteiger partial charge in [0.25, 0.3) is 0 Å². The van der Waals surface area contributed by atoms with Crippen molar-refractivity contribution in [2.24, 2.45) is 0 Å². The highest BCUT2D eigenvalue weighted by Gasteiger charge is 2.41. The van der Waals surface area contributed by atoms with Gasteiger partial charge < -0.3 is 5.11 Å². The van der Waals surface area contributed by atoms with Crippen LogP contribution in [0.25, 0.3) is 11.1 Å². The molecule has 1 fully saturated rings. The van der Waals surface area contributed by atoms with E-state index in [1.807, 2.05) is 24.4 Å². The highest BCUT2D eigenvalue weighted by molar-refractivity contribution is 5.66. The van der Waals surface area contributed by atoms with E-state index in [-0.39, 0.29) is 0 Å². The van der Waals surface area contributed by atoms with Crippen LogP contribution in [0.15, 0.2) is 42.7 Å². The minimum atomic E-state index is -0.539. The number of aromatic nitrogens is 1. The van der Waals surface area contributed by atoms with Crippen molar-refractivity contribution < 1.29 is 5.11 Å². The summed E-state index contributed by atoms with van der Waals surface area (Å²) in [5.41, 5.74) is 4.02. The van der Waals surface area contributed by atoms with Crippen LogP contribution in [-0.2, 0) is 5.60 Å². The summed E-state index contributed by atoms with van der Waals surface area (Å²) >= 11 is 0. The minimum absolute atomic E-state index is 0.539. The van der Waals surface area contributed by atoms with E-state index in [2.05, 4.69) is 24.0 Å². The molecule has 0 radical (unpaired) electrons. The average molecular weight is 225 g/mol. The molecule has 1 aliphatic rings. The van der Waals surface area contributed by atoms with E-state index in [4.69, 9.17) is 0 Å². The van der Waals surface area contributed by atoms with Crippen molar-refractivity contribution in [2.45, 2.75) is 25.4 Å². The van der Waals surface area contributed by atoms with Gasteiger partial charge in [0.05, 0.1) is 5.60 Å². The molecule has 2 nitrogen and oxygen atoms in total. The number of pyridine rings is 1. The van der Waals surface area contributed by atoms with E-state index in [1.165, 1.54) is 5.56 Å². The Morgan fingerprint density at radius 1 is 1.12 bits per heavy atom. The van der Waals surface area contributed by atoms with Gasteiger partial charge in [0, 0.05) is 18.0 Å². The fourth-order valence-electron chi connectivity index (χ4n) is 2.13. The average Bonchev–Trinajstić information content (AvgIpc) is 3.10. The lowest BCUT2D eigenvalue weighted by molar-refractivity contribution is 0.151. The Bertz CT molecular complexity index is 541. The Morgan fingerprint density at radius 3 is 2.41 bits per heavy atom. The molecular weight excluding hydrogens is 210 g/mol. The van der Waals surface area contributed by atoms with Crippen LogP contribution >= 0.6 is 0 Å². The van der Waals surface area contributed by atoms with Crippen LogP contribution in [0.1, 0.15) is 24.0 Å². The largest absolute Gasteiger partial charge is 0.385 e. The van der Waals surface area contributed by atoms with Crippen LogP contribution in [0.2, 0.25) is 0 Å². The van der Waals surface area contributed by atoms with E-state index < -0.39 is 5.60 Å². The SMILES string of the molecule is Cc1ccncc1-c1ccc(C2(O)CC2)cc1. The number of aryl methyl sites for hydroxylation is 1. The standard InChI is InChI=1S/C15H15NO/c1-11-6-9-16-10-14(11)12-2-4-13(5-3-12)15(17)7-8-15/h2-6,9-10,17H,7-8H2,1H3. The van der Waals surface area contributed by atoms with Crippen LogP contribution in [-0.4, -0.2) is 10.1 Å². The van der Waals surface area contributed by atoms with Gasteiger partial charge in [0.15, 0.2) is 0 Å². The fraction of sp³-hybridized carbons (Fsp3) is 0.267. The third kappa shape index (κ3) is 1.85. The second-order valence-electron chi connectivity index (χ2n) is 4.80. The van der Waals surface area contributed by atoms with Gasteiger partial charge in [-0.3, -0.25) is 4.98 Å². The van der Waals surface area contributed by atoms with Crippen LogP contribution < -0.4 is 0 Å². The number of aliphatic hydroxyl groups is 1. The molecule has 0 unspecified atom stereocenters. The van der Waals surface area contributed by atoms with E-state index in [1.54, 1.807) is 6.20 Å². The molecule has 1 N–H and O–H groups in total. The third-order valence-electron chi connectivity index (χ3n) is 3.50. The molecule has 2 aromatic rings. The van der Waals surface area contributed by atoms with Gasteiger partial charge >= 0.3 is 0 Å². The first-order valence-electron chi connectivity index (χ1n) is 5.93. The third-order valence-corrected chi connectivity index (χ3v) is 3.50. The fourth-order valence-corrected chi connectivity index (χ4v) is 2.13. The van der Waals surface area contributed by atoms with Gasteiger partial charge in [0.1, 0.15) is 0 Å². The number of hydrogen-bond donors (Lipinski definition) is 1. The van der Waals surface area contributed by atoms with E-state index in [0.717, 1.165) is 29.5 Å². The molecule has 1 heterocycles. The summed E-state index contributed by atoms with van der Waals surface area (Å²) in [4.78, 5) is 4.16. The van der Waals surface area contributed by atoms with Crippen LogP contribution in [0.5, 0.6) is 0 Å². The molecule has 0 aliphatic heterocycles. The first kappa shape index (κ1) is 10.5. The molecule has 0 bridgehead atoms. The predicted molar refractivity (Wildman–Crippen MR) is 67.5 cm³/mol. The monoisotopic (exact) mass is 225 g/mol. The molecule has 86 valence electrons. The summed E-state index contributed by atoms with van der Waals surface area (Å²) in [7, 11) is 0. The topological polar surface area (TPSA) is 33.1 Å². The number of benzene rings is 1. The van der Waals surface area contributed by atoms with Crippen molar-refractivity contribution in [3.8, 4) is 11.1 Å². The van der Waals surface area contributed by atoms with Crippen molar-refractivity contribution in [1.82, 2.24) is 4.98 Å². The Labute approximate surface area is 101 Å². The Morgan fingerprint density at radius 2 is 1.82 bits per heavy atom. The maximum Gasteiger partial charge on any atom is 0.0899 e. The Kier molecular flexibility index (Phi) is 2.26. The number of nitrogens with zero attached hydrogens (tertiary/aromatic N) is 1. The van der Waals surface area contributed by atoms with E-state index >= 15 is 0 Å². The van der Waals surface area contributed by atoms with Crippen LogP contribution in [0.3, 0.4) is 0 Å². The van der Waals surface area contributed by atoms with Crippen molar-refractivity contribution in [3.05, 3.63) is 53.9 Å². The van der Waals surface area contributed by atoms with Crippen molar-refractivity contribution >= 4 is 0 Å². The molecule has 1 aliphatic carbocycles. The van der Waals surface area contributed by atoms with Crippen LogP contribution in [0.4, 0.5) is 0 Å². The number of rotatable bonds is 2. The normalized spacial score (nSPS) is 16.8. The highest BCUT2D eigenvalue weighted by Crippen LogP contribution is 2.45. The lowest BCUT2D eigenvalue weighted by atomic mass is 9.99. The van der Waals surface area contributed by atoms with Gasteiger partial charge in [0.2, 0.25) is 0 Å². The first-order valence-corrected chi connectivity index (χ1v) is 5.93. The molecule has 0 saturated heterocycles. The van der Waals surface area contributed by atoms with Crippen LogP contribution in [0, 0.1) is 6.92 Å². The molecule has 1 aromatic carbocycles. The molecule has 0 spiro atoms. The van der Waals surface area contributed by atoms with Gasteiger partial charge in [-0.05, 0) is 42.5 Å². The highest BCUT2D eigenvalue weighted by atomic mass is 16.3.